The van der Waals surface area contributed by atoms with Crippen LogP contribution in [0.4, 0.5) is 0 Å². The van der Waals surface area contributed by atoms with Crippen molar-refractivity contribution in [2.24, 2.45) is 0 Å². The van der Waals surface area contributed by atoms with Crippen molar-refractivity contribution in [2.75, 3.05) is 6.54 Å². The van der Waals surface area contributed by atoms with Crippen molar-refractivity contribution in [1.29, 1.82) is 0 Å². The van der Waals surface area contributed by atoms with Crippen LogP contribution >= 0.6 is 0 Å². The molecule has 8 nitrogen and oxygen atoms in total. The minimum absolute atomic E-state index is 0.412. The second-order valence-electron chi connectivity index (χ2n) is 5.78. The van der Waals surface area contributed by atoms with Gasteiger partial charge in [0.1, 0.15) is 5.76 Å². The highest BCUT2D eigenvalue weighted by atomic mass is 32.2. The Bertz CT molecular complexity index is 995. The summed E-state index contributed by atoms with van der Waals surface area (Å²) in [6.45, 7) is 1.77. The Balaban J connectivity index is 1.49. The van der Waals surface area contributed by atoms with E-state index in [4.69, 9.17) is 8.83 Å². The van der Waals surface area contributed by atoms with Crippen molar-refractivity contribution in [2.45, 2.75) is 24.6 Å². The standard InChI is InChI=1S/C16H15N3O5S/c20-25(21,22)15-4-3-12(24-15)10-19-6-5-13-11(9-19)8-17-16(18-13)14-2-1-7-23-14/h1-4,7-8H,5-6,9-10H2,(H,20,21,22)/p-1. The average molecular weight is 360 g/mol. The predicted octanol–water partition coefficient (Wildman–Crippen LogP) is 1.79. The van der Waals surface area contributed by atoms with E-state index in [1.165, 1.54) is 12.1 Å². The molecule has 9 heteroatoms. The summed E-state index contributed by atoms with van der Waals surface area (Å²) in [4.78, 5) is 11.0. The molecule has 3 aromatic heterocycles. The highest BCUT2D eigenvalue weighted by Crippen LogP contribution is 2.23. The number of hydrogen-bond donors (Lipinski definition) is 0. The fraction of sp³-hybridized carbons (Fsp3) is 0.250. The second-order valence-corrected chi connectivity index (χ2v) is 7.09. The van der Waals surface area contributed by atoms with Gasteiger partial charge >= 0.3 is 0 Å². The predicted molar refractivity (Wildman–Crippen MR) is 84.2 cm³/mol. The number of fused-ring (bicyclic) bond motifs is 1. The van der Waals surface area contributed by atoms with Crippen LogP contribution in [0.2, 0.25) is 0 Å². The van der Waals surface area contributed by atoms with Gasteiger partial charge in [0.15, 0.2) is 21.7 Å². The highest BCUT2D eigenvalue weighted by molar-refractivity contribution is 7.85. The summed E-state index contributed by atoms with van der Waals surface area (Å²) in [6.07, 6.45) is 4.10. The van der Waals surface area contributed by atoms with Crippen molar-refractivity contribution in [3.8, 4) is 11.6 Å². The lowest BCUT2D eigenvalue weighted by Gasteiger charge is -2.27. The van der Waals surface area contributed by atoms with Crippen LogP contribution in [0.15, 0.2) is 50.7 Å². The number of nitrogens with zero attached hydrogens (tertiary/aromatic N) is 3. The van der Waals surface area contributed by atoms with Gasteiger partial charge < -0.3 is 13.4 Å². The summed E-state index contributed by atoms with van der Waals surface area (Å²) >= 11 is 0. The van der Waals surface area contributed by atoms with Crippen LogP contribution in [-0.2, 0) is 29.6 Å². The molecule has 0 aliphatic carbocycles. The lowest BCUT2D eigenvalue weighted by molar-refractivity contribution is 0.216. The molecule has 0 saturated heterocycles. The second kappa shape index (κ2) is 6.10. The number of furan rings is 2. The largest absolute Gasteiger partial charge is 0.742 e. The summed E-state index contributed by atoms with van der Waals surface area (Å²) < 4.78 is 43.3. The van der Waals surface area contributed by atoms with E-state index < -0.39 is 15.2 Å². The minimum Gasteiger partial charge on any atom is -0.742 e. The first-order valence-electron chi connectivity index (χ1n) is 7.65. The van der Waals surface area contributed by atoms with Crippen molar-refractivity contribution < 1.29 is 21.8 Å². The van der Waals surface area contributed by atoms with Gasteiger partial charge in [0.25, 0.3) is 0 Å². The maximum Gasteiger partial charge on any atom is 0.205 e. The Morgan fingerprint density at radius 2 is 2.16 bits per heavy atom. The molecule has 0 N–H and O–H groups in total. The Morgan fingerprint density at radius 1 is 1.28 bits per heavy atom. The van der Waals surface area contributed by atoms with E-state index in [0.717, 1.165) is 24.2 Å². The van der Waals surface area contributed by atoms with E-state index in [9.17, 15) is 13.0 Å². The van der Waals surface area contributed by atoms with Crippen molar-refractivity contribution >= 4 is 10.1 Å². The van der Waals surface area contributed by atoms with Gasteiger partial charge in [-0.3, -0.25) is 4.90 Å². The molecule has 0 fully saturated rings. The lowest BCUT2D eigenvalue weighted by Crippen LogP contribution is -2.30. The maximum atomic E-state index is 10.9. The molecule has 0 spiro atoms. The third kappa shape index (κ3) is 3.34. The number of rotatable bonds is 4. The van der Waals surface area contributed by atoms with Gasteiger partial charge in [-0.25, -0.2) is 18.4 Å². The van der Waals surface area contributed by atoms with E-state index in [-0.39, 0.29) is 0 Å². The first kappa shape index (κ1) is 16.0. The summed E-state index contributed by atoms with van der Waals surface area (Å²) in [5, 5.41) is -0.550. The van der Waals surface area contributed by atoms with Gasteiger partial charge in [0, 0.05) is 31.3 Å². The molecule has 25 heavy (non-hydrogen) atoms. The van der Waals surface area contributed by atoms with Crippen LogP contribution in [-0.4, -0.2) is 34.4 Å². The van der Waals surface area contributed by atoms with Gasteiger partial charge in [-0.15, -0.1) is 0 Å². The Hall–Kier alpha value is -2.49. The Labute approximate surface area is 143 Å². The molecule has 4 heterocycles. The van der Waals surface area contributed by atoms with E-state index in [1.807, 2.05) is 6.07 Å². The quantitative estimate of drug-likeness (QED) is 0.647. The third-order valence-electron chi connectivity index (χ3n) is 4.02. The highest BCUT2D eigenvalue weighted by Gasteiger charge is 2.20. The third-order valence-corrected chi connectivity index (χ3v) is 4.73. The van der Waals surface area contributed by atoms with Gasteiger partial charge in [-0.2, -0.15) is 0 Å². The summed E-state index contributed by atoms with van der Waals surface area (Å²) in [5.74, 6) is 1.63. The molecule has 0 bridgehead atoms. The van der Waals surface area contributed by atoms with Gasteiger partial charge in [0.05, 0.1) is 18.5 Å². The topological polar surface area (TPSA) is 113 Å². The molecule has 0 radical (unpaired) electrons. The number of aromatic nitrogens is 2. The van der Waals surface area contributed by atoms with Gasteiger partial charge in [-0.05, 0) is 24.3 Å². The monoisotopic (exact) mass is 360 g/mol. The average Bonchev–Trinajstić information content (AvgIpc) is 3.25. The molecular formula is C16H14N3O5S-. The first-order valence-corrected chi connectivity index (χ1v) is 9.05. The minimum atomic E-state index is -4.56. The Kier molecular flexibility index (Phi) is 3.91. The van der Waals surface area contributed by atoms with Crippen LogP contribution in [0.1, 0.15) is 17.0 Å². The maximum absolute atomic E-state index is 10.9. The molecule has 0 amide bonds. The zero-order chi connectivity index (χ0) is 17.4. The summed E-state index contributed by atoms with van der Waals surface area (Å²) in [7, 11) is -4.56. The normalized spacial score (nSPS) is 15.2. The molecule has 130 valence electrons. The van der Waals surface area contributed by atoms with E-state index in [0.29, 0.717) is 30.4 Å². The molecule has 0 saturated carbocycles. The number of hydrogen-bond acceptors (Lipinski definition) is 8. The van der Waals surface area contributed by atoms with E-state index in [1.54, 1.807) is 18.5 Å². The lowest BCUT2D eigenvalue weighted by atomic mass is 10.1. The molecule has 0 unspecified atom stereocenters. The van der Waals surface area contributed by atoms with Crippen molar-refractivity contribution in [1.82, 2.24) is 14.9 Å². The fourth-order valence-electron chi connectivity index (χ4n) is 2.83. The van der Waals surface area contributed by atoms with Crippen molar-refractivity contribution in [3.63, 3.8) is 0 Å². The molecule has 1 aliphatic heterocycles. The summed E-state index contributed by atoms with van der Waals surface area (Å²) in [5.41, 5.74) is 1.98. The van der Waals surface area contributed by atoms with Crippen molar-refractivity contribution in [3.05, 3.63) is 53.7 Å². The van der Waals surface area contributed by atoms with Crippen LogP contribution in [0.5, 0.6) is 0 Å². The fourth-order valence-corrected chi connectivity index (χ4v) is 3.28. The zero-order valence-electron chi connectivity index (χ0n) is 13.1. The summed E-state index contributed by atoms with van der Waals surface area (Å²) in [6, 6.07) is 6.31. The smallest absolute Gasteiger partial charge is 0.205 e. The molecular weight excluding hydrogens is 346 g/mol. The van der Waals surface area contributed by atoms with E-state index >= 15 is 0 Å². The molecule has 0 atom stereocenters. The molecule has 1 aliphatic rings. The van der Waals surface area contributed by atoms with Crippen LogP contribution in [0.25, 0.3) is 11.6 Å². The van der Waals surface area contributed by atoms with E-state index in [2.05, 4.69) is 14.9 Å². The zero-order valence-corrected chi connectivity index (χ0v) is 13.9. The van der Waals surface area contributed by atoms with Crippen LogP contribution in [0.3, 0.4) is 0 Å². The first-order chi connectivity index (χ1) is 12.0. The van der Waals surface area contributed by atoms with Gasteiger partial charge in [-0.1, -0.05) is 0 Å². The molecule has 0 aromatic carbocycles. The van der Waals surface area contributed by atoms with Gasteiger partial charge in [0.2, 0.25) is 5.09 Å². The SMILES string of the molecule is O=S(=O)([O-])c1ccc(CN2CCc3nc(-c4ccco4)ncc3C2)o1. The molecule has 4 rings (SSSR count). The van der Waals surface area contributed by atoms with Crippen LogP contribution < -0.4 is 0 Å². The Morgan fingerprint density at radius 3 is 2.88 bits per heavy atom. The van der Waals surface area contributed by atoms with Crippen LogP contribution in [0, 0.1) is 0 Å². The molecule has 3 aromatic rings.